The highest BCUT2D eigenvalue weighted by Crippen LogP contribution is 2.24. The average Bonchev–Trinajstić information content (AvgIpc) is 2.37. The summed E-state index contributed by atoms with van der Waals surface area (Å²) < 4.78 is 24.8. The summed E-state index contributed by atoms with van der Waals surface area (Å²) in [6.07, 6.45) is 0.760. The Morgan fingerprint density at radius 2 is 2.05 bits per heavy atom. The quantitative estimate of drug-likeness (QED) is 0.797. The number of sulfone groups is 1. The van der Waals surface area contributed by atoms with Gasteiger partial charge in [0.1, 0.15) is 5.25 Å². The predicted molar refractivity (Wildman–Crippen MR) is 75.5 cm³/mol. The lowest BCUT2D eigenvalue weighted by molar-refractivity contribution is -0.120. The Morgan fingerprint density at radius 1 is 1.42 bits per heavy atom. The SMILES string of the molecule is CCCNC(=O)C(C)S(=O)(=O)c1cccc(N)c1C. The standard InChI is InChI=1S/C13H20N2O3S/c1-4-8-15-13(16)10(3)19(17,18)12-7-5-6-11(14)9(12)2/h5-7,10H,4,8,14H2,1-3H3,(H,15,16). The maximum absolute atomic E-state index is 12.4. The van der Waals surface area contributed by atoms with Gasteiger partial charge in [-0.3, -0.25) is 4.79 Å². The van der Waals surface area contributed by atoms with Crippen LogP contribution in [0.15, 0.2) is 23.1 Å². The third-order valence-electron chi connectivity index (χ3n) is 3.02. The molecule has 106 valence electrons. The van der Waals surface area contributed by atoms with E-state index in [2.05, 4.69) is 5.32 Å². The van der Waals surface area contributed by atoms with Gasteiger partial charge in [0.15, 0.2) is 9.84 Å². The molecule has 3 N–H and O–H groups in total. The largest absolute Gasteiger partial charge is 0.398 e. The molecule has 1 amide bonds. The number of rotatable bonds is 5. The molecule has 0 heterocycles. The summed E-state index contributed by atoms with van der Waals surface area (Å²) in [6.45, 7) is 5.40. The van der Waals surface area contributed by atoms with E-state index in [1.807, 2.05) is 6.92 Å². The molecule has 0 aliphatic rings. The van der Waals surface area contributed by atoms with Gasteiger partial charge in [0, 0.05) is 12.2 Å². The van der Waals surface area contributed by atoms with Crippen LogP contribution >= 0.6 is 0 Å². The first kappa shape index (κ1) is 15.5. The van der Waals surface area contributed by atoms with Gasteiger partial charge in [0.2, 0.25) is 5.91 Å². The number of carbonyl (C=O) groups excluding carboxylic acids is 1. The van der Waals surface area contributed by atoms with Crippen LogP contribution < -0.4 is 11.1 Å². The Labute approximate surface area is 114 Å². The van der Waals surface area contributed by atoms with Crippen LogP contribution in [-0.4, -0.2) is 26.1 Å². The molecular formula is C13H20N2O3S. The van der Waals surface area contributed by atoms with Crippen molar-refractivity contribution in [1.29, 1.82) is 0 Å². The van der Waals surface area contributed by atoms with Gasteiger partial charge in [0.25, 0.3) is 0 Å². The molecule has 0 radical (unpaired) electrons. The van der Waals surface area contributed by atoms with Crippen LogP contribution in [0.4, 0.5) is 5.69 Å². The maximum atomic E-state index is 12.4. The second-order valence-electron chi connectivity index (χ2n) is 4.45. The molecule has 0 spiro atoms. The van der Waals surface area contributed by atoms with E-state index in [0.717, 1.165) is 6.42 Å². The molecule has 0 aliphatic carbocycles. The van der Waals surface area contributed by atoms with Gasteiger partial charge in [-0.2, -0.15) is 0 Å². The summed E-state index contributed by atoms with van der Waals surface area (Å²) in [5.41, 5.74) is 6.60. The van der Waals surface area contributed by atoms with Gasteiger partial charge < -0.3 is 11.1 Å². The minimum Gasteiger partial charge on any atom is -0.398 e. The maximum Gasteiger partial charge on any atom is 0.238 e. The Morgan fingerprint density at radius 3 is 2.63 bits per heavy atom. The van der Waals surface area contributed by atoms with Gasteiger partial charge >= 0.3 is 0 Å². The number of nitrogens with one attached hydrogen (secondary N) is 1. The fourth-order valence-corrected chi connectivity index (χ4v) is 3.22. The number of benzene rings is 1. The zero-order chi connectivity index (χ0) is 14.6. The highest BCUT2D eigenvalue weighted by Gasteiger charge is 2.30. The first-order chi connectivity index (χ1) is 8.82. The number of hydrogen-bond donors (Lipinski definition) is 2. The first-order valence-electron chi connectivity index (χ1n) is 6.19. The van der Waals surface area contributed by atoms with E-state index in [9.17, 15) is 13.2 Å². The molecule has 0 bridgehead atoms. The lowest BCUT2D eigenvalue weighted by atomic mass is 10.2. The van der Waals surface area contributed by atoms with Crippen LogP contribution in [0.2, 0.25) is 0 Å². The molecule has 0 saturated carbocycles. The van der Waals surface area contributed by atoms with Crippen LogP contribution in [-0.2, 0) is 14.6 Å². The third-order valence-corrected chi connectivity index (χ3v) is 5.22. The molecule has 19 heavy (non-hydrogen) atoms. The van der Waals surface area contributed by atoms with Crippen molar-refractivity contribution in [1.82, 2.24) is 5.32 Å². The molecule has 1 aromatic rings. The number of hydrogen-bond acceptors (Lipinski definition) is 4. The van der Waals surface area contributed by atoms with Crippen LogP contribution in [0, 0.1) is 6.92 Å². The predicted octanol–water partition coefficient (Wildman–Crippen LogP) is 1.27. The molecule has 1 unspecified atom stereocenters. The molecule has 0 fully saturated rings. The molecule has 1 atom stereocenters. The van der Waals surface area contributed by atoms with Gasteiger partial charge in [-0.15, -0.1) is 0 Å². The first-order valence-corrected chi connectivity index (χ1v) is 7.73. The van der Waals surface area contributed by atoms with Gasteiger partial charge in [0.05, 0.1) is 4.90 Å². The summed E-state index contributed by atoms with van der Waals surface area (Å²) >= 11 is 0. The number of carbonyl (C=O) groups is 1. The van der Waals surface area contributed by atoms with Crippen molar-refractivity contribution in [2.45, 2.75) is 37.3 Å². The molecule has 1 rings (SSSR count). The van der Waals surface area contributed by atoms with Crippen LogP contribution in [0.25, 0.3) is 0 Å². The van der Waals surface area contributed by atoms with Gasteiger partial charge in [-0.05, 0) is 38.0 Å². The average molecular weight is 284 g/mol. The normalized spacial score (nSPS) is 13.0. The number of nitrogen functional groups attached to an aromatic ring is 1. The molecule has 6 heteroatoms. The van der Waals surface area contributed by atoms with E-state index >= 15 is 0 Å². The minimum absolute atomic E-state index is 0.117. The molecular weight excluding hydrogens is 264 g/mol. The summed E-state index contributed by atoms with van der Waals surface area (Å²) in [4.78, 5) is 11.9. The zero-order valence-corrected chi connectivity index (χ0v) is 12.3. The van der Waals surface area contributed by atoms with Gasteiger partial charge in [-0.1, -0.05) is 13.0 Å². The molecule has 0 aromatic heterocycles. The highest BCUT2D eigenvalue weighted by molar-refractivity contribution is 7.92. The minimum atomic E-state index is -3.71. The van der Waals surface area contributed by atoms with Crippen LogP contribution in [0.1, 0.15) is 25.8 Å². The number of amides is 1. The number of anilines is 1. The zero-order valence-electron chi connectivity index (χ0n) is 11.4. The summed E-state index contributed by atoms with van der Waals surface area (Å²) in [5.74, 6) is -0.483. The van der Waals surface area contributed by atoms with E-state index in [-0.39, 0.29) is 4.90 Å². The summed E-state index contributed by atoms with van der Waals surface area (Å²) in [6, 6.07) is 4.69. The van der Waals surface area contributed by atoms with E-state index in [0.29, 0.717) is 17.8 Å². The van der Waals surface area contributed by atoms with Crippen molar-refractivity contribution in [3.05, 3.63) is 23.8 Å². The monoisotopic (exact) mass is 284 g/mol. The highest BCUT2D eigenvalue weighted by atomic mass is 32.2. The summed E-state index contributed by atoms with van der Waals surface area (Å²) in [7, 11) is -3.71. The molecule has 0 aliphatic heterocycles. The smallest absolute Gasteiger partial charge is 0.238 e. The summed E-state index contributed by atoms with van der Waals surface area (Å²) in [5, 5.41) is 1.47. The second-order valence-corrected chi connectivity index (χ2v) is 6.69. The Kier molecular flexibility index (Phi) is 4.94. The van der Waals surface area contributed by atoms with E-state index in [1.54, 1.807) is 19.1 Å². The second kappa shape index (κ2) is 6.06. The van der Waals surface area contributed by atoms with Crippen molar-refractivity contribution < 1.29 is 13.2 Å². The van der Waals surface area contributed by atoms with E-state index < -0.39 is 21.0 Å². The molecule has 1 aromatic carbocycles. The van der Waals surface area contributed by atoms with E-state index in [1.165, 1.54) is 13.0 Å². The fourth-order valence-electron chi connectivity index (χ4n) is 1.66. The van der Waals surface area contributed by atoms with Crippen molar-refractivity contribution in [2.24, 2.45) is 0 Å². The molecule has 5 nitrogen and oxygen atoms in total. The lowest BCUT2D eigenvalue weighted by Gasteiger charge is -2.15. The number of nitrogens with two attached hydrogens (primary N) is 1. The van der Waals surface area contributed by atoms with Crippen molar-refractivity contribution >= 4 is 21.4 Å². The van der Waals surface area contributed by atoms with Crippen molar-refractivity contribution in [3.63, 3.8) is 0 Å². The van der Waals surface area contributed by atoms with E-state index in [4.69, 9.17) is 5.73 Å². The third kappa shape index (κ3) is 3.26. The van der Waals surface area contributed by atoms with Gasteiger partial charge in [-0.25, -0.2) is 8.42 Å². The van der Waals surface area contributed by atoms with Crippen LogP contribution in [0.3, 0.4) is 0 Å². The molecule has 0 saturated heterocycles. The Hall–Kier alpha value is -1.56. The Balaban J connectivity index is 3.10. The van der Waals surface area contributed by atoms with Crippen molar-refractivity contribution in [2.75, 3.05) is 12.3 Å². The topological polar surface area (TPSA) is 89.3 Å². The lowest BCUT2D eigenvalue weighted by Crippen LogP contribution is -2.38. The van der Waals surface area contributed by atoms with Crippen LogP contribution in [0.5, 0.6) is 0 Å². The fraction of sp³-hybridized carbons (Fsp3) is 0.462. The Bertz CT molecular complexity index is 567. The van der Waals surface area contributed by atoms with Crippen molar-refractivity contribution in [3.8, 4) is 0 Å².